The summed E-state index contributed by atoms with van der Waals surface area (Å²) >= 11 is 2.42. The molecular weight excluding hydrogens is 330 g/mol. The van der Waals surface area contributed by atoms with E-state index in [2.05, 4.69) is 0 Å². The summed E-state index contributed by atoms with van der Waals surface area (Å²) in [6, 6.07) is 1.93. The highest BCUT2D eigenvalue weighted by Gasteiger charge is 2.30. The van der Waals surface area contributed by atoms with E-state index in [1.807, 2.05) is 18.4 Å². The van der Waals surface area contributed by atoms with Gasteiger partial charge >= 0.3 is 5.97 Å². The number of aryl methyl sites for hydroxylation is 2. The highest BCUT2D eigenvalue weighted by atomic mass is 32.2. The summed E-state index contributed by atoms with van der Waals surface area (Å²) in [4.78, 5) is 11.9. The van der Waals surface area contributed by atoms with Gasteiger partial charge in [0.25, 0.3) is 0 Å². The van der Waals surface area contributed by atoms with Crippen molar-refractivity contribution in [3.05, 3.63) is 37.7 Å². The zero-order valence-electron chi connectivity index (χ0n) is 11.8. The summed E-state index contributed by atoms with van der Waals surface area (Å²) in [6.45, 7) is 3.77. The van der Waals surface area contributed by atoms with Crippen LogP contribution in [0.1, 0.15) is 25.7 Å². The van der Waals surface area contributed by atoms with Crippen molar-refractivity contribution in [2.24, 2.45) is 0 Å². The van der Waals surface area contributed by atoms with Gasteiger partial charge in [-0.2, -0.15) is 4.31 Å². The minimum absolute atomic E-state index is 0.100. The van der Waals surface area contributed by atoms with Gasteiger partial charge in [0.15, 0.2) is 0 Å². The number of carboxylic acid groups (broad SMARTS) is 1. The predicted molar refractivity (Wildman–Crippen MR) is 83.7 cm³/mol. The fourth-order valence-electron chi connectivity index (χ4n) is 1.91. The smallest absolute Gasteiger partial charge is 0.347 e. The second-order valence-corrected chi connectivity index (χ2v) is 8.53. The first kappa shape index (κ1) is 16.2. The van der Waals surface area contributed by atoms with Crippen LogP contribution in [0.3, 0.4) is 0 Å². The van der Waals surface area contributed by atoms with Crippen molar-refractivity contribution in [1.82, 2.24) is 4.31 Å². The third-order valence-corrected chi connectivity index (χ3v) is 7.33. The van der Waals surface area contributed by atoms with Crippen molar-refractivity contribution in [1.29, 1.82) is 0 Å². The lowest BCUT2D eigenvalue weighted by molar-refractivity contribution is 0.0698. The van der Waals surface area contributed by atoms with Gasteiger partial charge in [-0.25, -0.2) is 13.2 Å². The third-order valence-electron chi connectivity index (χ3n) is 3.11. The molecule has 0 saturated heterocycles. The maximum Gasteiger partial charge on any atom is 0.347 e. The minimum atomic E-state index is -3.83. The van der Waals surface area contributed by atoms with Crippen LogP contribution in [0, 0.1) is 13.8 Å². The molecule has 0 unspecified atom stereocenters. The molecule has 2 heterocycles. The highest BCUT2D eigenvalue weighted by molar-refractivity contribution is 7.89. The summed E-state index contributed by atoms with van der Waals surface area (Å²) < 4.78 is 26.5. The average Bonchev–Trinajstić information content (AvgIpc) is 2.96. The van der Waals surface area contributed by atoms with E-state index in [1.54, 1.807) is 12.3 Å². The summed E-state index contributed by atoms with van der Waals surface area (Å²) in [5.74, 6) is -1.22. The molecule has 5 nitrogen and oxygen atoms in total. The van der Waals surface area contributed by atoms with Gasteiger partial charge in [-0.1, -0.05) is 0 Å². The van der Waals surface area contributed by atoms with E-state index in [4.69, 9.17) is 5.11 Å². The number of aromatic carboxylic acids is 1. The molecule has 0 atom stereocenters. The van der Waals surface area contributed by atoms with Crippen LogP contribution in [0.4, 0.5) is 0 Å². The number of carbonyl (C=O) groups is 1. The first-order valence-electron chi connectivity index (χ1n) is 6.06. The van der Waals surface area contributed by atoms with Crippen molar-refractivity contribution >= 4 is 38.7 Å². The number of sulfonamides is 1. The molecule has 114 valence electrons. The van der Waals surface area contributed by atoms with Crippen molar-refractivity contribution in [3.63, 3.8) is 0 Å². The van der Waals surface area contributed by atoms with Gasteiger partial charge in [0.05, 0.1) is 0 Å². The van der Waals surface area contributed by atoms with Crippen molar-refractivity contribution < 1.29 is 18.3 Å². The Kier molecular flexibility index (Phi) is 4.52. The van der Waals surface area contributed by atoms with E-state index in [0.29, 0.717) is 5.56 Å². The third kappa shape index (κ3) is 3.03. The fourth-order valence-corrected chi connectivity index (χ4v) is 5.67. The molecule has 0 bridgehead atoms. The van der Waals surface area contributed by atoms with Gasteiger partial charge in [0.1, 0.15) is 9.77 Å². The SMILES string of the molecule is Cc1ccsc1CN(C)S(=O)(=O)c1c(C)csc1C(=O)O. The molecule has 8 heteroatoms. The molecule has 1 N–H and O–H groups in total. The molecule has 0 radical (unpaired) electrons. The highest BCUT2D eigenvalue weighted by Crippen LogP contribution is 2.30. The molecule has 0 aliphatic rings. The summed E-state index contributed by atoms with van der Waals surface area (Å²) in [7, 11) is -2.36. The molecule has 0 spiro atoms. The van der Waals surface area contributed by atoms with Gasteiger partial charge in [0.2, 0.25) is 10.0 Å². The lowest BCUT2D eigenvalue weighted by atomic mass is 10.3. The van der Waals surface area contributed by atoms with Gasteiger partial charge in [0, 0.05) is 18.5 Å². The molecule has 0 aliphatic heterocycles. The van der Waals surface area contributed by atoms with Gasteiger partial charge < -0.3 is 5.11 Å². The number of hydrogen-bond acceptors (Lipinski definition) is 5. The van der Waals surface area contributed by atoms with Crippen LogP contribution >= 0.6 is 22.7 Å². The van der Waals surface area contributed by atoms with E-state index in [0.717, 1.165) is 21.8 Å². The van der Waals surface area contributed by atoms with Crippen molar-refractivity contribution in [2.75, 3.05) is 7.05 Å². The van der Waals surface area contributed by atoms with E-state index in [9.17, 15) is 13.2 Å². The quantitative estimate of drug-likeness (QED) is 0.904. The van der Waals surface area contributed by atoms with Crippen LogP contribution in [0.15, 0.2) is 21.7 Å². The molecule has 0 aromatic carbocycles. The van der Waals surface area contributed by atoms with Crippen LogP contribution in [0.2, 0.25) is 0 Å². The van der Waals surface area contributed by atoms with E-state index >= 15 is 0 Å². The number of thiophene rings is 2. The van der Waals surface area contributed by atoms with Crippen LogP contribution < -0.4 is 0 Å². The maximum absolute atomic E-state index is 12.7. The second kappa shape index (κ2) is 5.88. The zero-order chi connectivity index (χ0) is 15.8. The molecule has 2 aromatic rings. The fraction of sp³-hybridized carbons (Fsp3) is 0.308. The Labute approximate surface area is 131 Å². The predicted octanol–water partition coefficient (Wildman–Crippen LogP) is 2.95. The standard InChI is InChI=1S/C13H15NO4S3/c1-8-4-5-19-10(8)6-14(3)21(17,18)12-9(2)7-20-11(12)13(15)16/h4-5,7H,6H2,1-3H3,(H,15,16). The molecule has 0 aliphatic carbocycles. The molecule has 0 fully saturated rings. The summed E-state index contributed by atoms with van der Waals surface area (Å²) in [5, 5.41) is 12.6. The second-order valence-electron chi connectivity index (χ2n) is 4.67. The Hall–Kier alpha value is -1.22. The normalized spacial score (nSPS) is 12.0. The Morgan fingerprint density at radius 2 is 1.95 bits per heavy atom. The summed E-state index contributed by atoms with van der Waals surface area (Å²) in [5.41, 5.74) is 1.50. The Balaban J connectivity index is 2.40. The van der Waals surface area contributed by atoms with E-state index < -0.39 is 16.0 Å². The Morgan fingerprint density at radius 3 is 2.48 bits per heavy atom. The van der Waals surface area contributed by atoms with Crippen LogP contribution in [-0.2, 0) is 16.6 Å². The minimum Gasteiger partial charge on any atom is -0.477 e. The van der Waals surface area contributed by atoms with E-state index in [-0.39, 0.29) is 16.3 Å². The lowest BCUT2D eigenvalue weighted by Crippen LogP contribution is -2.27. The number of rotatable bonds is 5. The summed E-state index contributed by atoms with van der Waals surface area (Å²) in [6.07, 6.45) is 0. The average molecular weight is 345 g/mol. The van der Waals surface area contributed by atoms with Crippen molar-refractivity contribution in [3.8, 4) is 0 Å². The van der Waals surface area contributed by atoms with Crippen LogP contribution in [0.25, 0.3) is 0 Å². The van der Waals surface area contributed by atoms with Gasteiger partial charge in [-0.3, -0.25) is 0 Å². The Morgan fingerprint density at radius 1 is 1.29 bits per heavy atom. The maximum atomic E-state index is 12.7. The molecular formula is C13H15NO4S3. The largest absolute Gasteiger partial charge is 0.477 e. The Bertz CT molecular complexity index is 773. The van der Waals surface area contributed by atoms with Crippen LogP contribution in [-0.4, -0.2) is 30.8 Å². The van der Waals surface area contributed by atoms with Gasteiger partial charge in [-0.15, -0.1) is 22.7 Å². The van der Waals surface area contributed by atoms with Crippen molar-refractivity contribution in [2.45, 2.75) is 25.3 Å². The van der Waals surface area contributed by atoms with Crippen LogP contribution in [0.5, 0.6) is 0 Å². The number of hydrogen-bond donors (Lipinski definition) is 1. The first-order chi connectivity index (χ1) is 9.75. The van der Waals surface area contributed by atoms with E-state index in [1.165, 1.54) is 22.7 Å². The molecule has 2 aromatic heterocycles. The molecule has 0 amide bonds. The van der Waals surface area contributed by atoms with Gasteiger partial charge in [-0.05, 0) is 41.8 Å². The number of carboxylic acids is 1. The topological polar surface area (TPSA) is 74.7 Å². The molecule has 21 heavy (non-hydrogen) atoms. The first-order valence-corrected chi connectivity index (χ1v) is 9.25. The zero-order valence-corrected chi connectivity index (χ0v) is 14.2. The molecule has 0 saturated carbocycles. The molecule has 2 rings (SSSR count). The lowest BCUT2D eigenvalue weighted by Gasteiger charge is -2.17. The monoisotopic (exact) mass is 345 g/mol. The number of nitrogens with zero attached hydrogens (tertiary/aromatic N) is 1.